The number of hydrogen-bond donors (Lipinski definition) is 0. The van der Waals surface area contributed by atoms with Crippen molar-refractivity contribution < 1.29 is 19.1 Å². The van der Waals surface area contributed by atoms with E-state index < -0.39 is 0 Å². The van der Waals surface area contributed by atoms with Crippen LogP contribution in [0.3, 0.4) is 0 Å². The van der Waals surface area contributed by atoms with E-state index in [1.807, 2.05) is 36.4 Å². The lowest BCUT2D eigenvalue weighted by molar-refractivity contribution is -0.147. The van der Waals surface area contributed by atoms with Gasteiger partial charge in [-0.1, -0.05) is 30.3 Å². The minimum Gasteiger partial charge on any atom is -0.462 e. The van der Waals surface area contributed by atoms with Gasteiger partial charge in [-0.15, -0.1) is 0 Å². The molecule has 2 aromatic rings. The van der Waals surface area contributed by atoms with Crippen LogP contribution in [-0.2, 0) is 20.9 Å². The summed E-state index contributed by atoms with van der Waals surface area (Å²) in [5.74, 6) is 0.230. The topological polar surface area (TPSA) is 72.0 Å². The van der Waals surface area contributed by atoms with E-state index in [-0.39, 0.29) is 30.6 Å². The molecular weight excluding hydrogens is 382 g/mol. The third-order valence-electron chi connectivity index (χ3n) is 5.24. The smallest absolute Gasteiger partial charge is 0.339 e. The molecule has 0 saturated carbocycles. The van der Waals surface area contributed by atoms with Gasteiger partial charge in [0, 0.05) is 31.4 Å². The molecule has 0 radical (unpaired) electrons. The number of hydrogen-bond acceptors (Lipinski definition) is 7. The number of carbonyl (C=O) groups is 2. The minimum atomic E-state index is -0.364. The highest BCUT2D eigenvalue weighted by Crippen LogP contribution is 2.21. The fraction of sp³-hybridized carbons (Fsp3) is 0.435. The van der Waals surface area contributed by atoms with E-state index in [1.54, 1.807) is 19.2 Å². The molecule has 1 fully saturated rings. The van der Waals surface area contributed by atoms with Crippen molar-refractivity contribution in [2.75, 3.05) is 31.1 Å². The fourth-order valence-electron chi connectivity index (χ4n) is 3.70. The van der Waals surface area contributed by atoms with Crippen molar-refractivity contribution in [3.63, 3.8) is 0 Å². The van der Waals surface area contributed by atoms with Gasteiger partial charge in [-0.2, -0.15) is 0 Å². The molecule has 3 rings (SSSR count). The normalized spacial score (nSPS) is 19.4. The van der Waals surface area contributed by atoms with E-state index in [0.29, 0.717) is 18.8 Å². The van der Waals surface area contributed by atoms with Crippen molar-refractivity contribution in [2.24, 2.45) is 0 Å². The average molecular weight is 412 g/mol. The van der Waals surface area contributed by atoms with Gasteiger partial charge in [0.2, 0.25) is 0 Å². The molecule has 7 nitrogen and oxygen atoms in total. The van der Waals surface area contributed by atoms with E-state index in [1.165, 1.54) is 0 Å². The predicted molar refractivity (Wildman–Crippen MR) is 114 cm³/mol. The Bertz CT molecular complexity index is 829. The molecule has 1 aliphatic rings. The number of ether oxygens (including phenoxy) is 2. The van der Waals surface area contributed by atoms with Crippen LogP contribution in [0.4, 0.5) is 5.82 Å². The van der Waals surface area contributed by atoms with Gasteiger partial charge in [-0.3, -0.25) is 9.69 Å². The van der Waals surface area contributed by atoms with Crippen molar-refractivity contribution in [1.82, 2.24) is 9.88 Å². The Morgan fingerprint density at radius 1 is 1.03 bits per heavy atom. The molecule has 30 heavy (non-hydrogen) atoms. The van der Waals surface area contributed by atoms with Crippen molar-refractivity contribution in [1.29, 1.82) is 0 Å². The Morgan fingerprint density at radius 2 is 1.73 bits per heavy atom. The average Bonchev–Trinajstić information content (AvgIpc) is 2.75. The molecule has 1 saturated heterocycles. The molecule has 1 aliphatic heterocycles. The maximum absolute atomic E-state index is 12.3. The van der Waals surface area contributed by atoms with Gasteiger partial charge in [0.15, 0.2) is 0 Å². The molecule has 0 spiro atoms. The molecule has 0 unspecified atom stereocenters. The molecule has 1 aromatic heterocycles. The summed E-state index contributed by atoms with van der Waals surface area (Å²) in [4.78, 5) is 32.9. The number of nitrogens with zero attached hydrogens (tertiary/aromatic N) is 3. The van der Waals surface area contributed by atoms with Crippen LogP contribution in [0.2, 0.25) is 0 Å². The Morgan fingerprint density at radius 3 is 2.33 bits per heavy atom. The van der Waals surface area contributed by atoms with Crippen LogP contribution in [0.25, 0.3) is 0 Å². The van der Waals surface area contributed by atoms with Crippen molar-refractivity contribution in [3.05, 3.63) is 59.8 Å². The molecule has 2 atom stereocenters. The number of piperazine rings is 1. The van der Waals surface area contributed by atoms with Crippen LogP contribution in [0.15, 0.2) is 48.7 Å². The van der Waals surface area contributed by atoms with Crippen LogP contribution in [0.1, 0.15) is 36.7 Å². The van der Waals surface area contributed by atoms with Crippen LogP contribution in [-0.4, -0.2) is 60.1 Å². The summed E-state index contributed by atoms with van der Waals surface area (Å²) in [5, 5.41) is 0. The van der Waals surface area contributed by atoms with E-state index in [2.05, 4.69) is 28.6 Å². The van der Waals surface area contributed by atoms with Gasteiger partial charge in [0.05, 0.1) is 18.7 Å². The number of esters is 2. The quantitative estimate of drug-likeness (QED) is 0.649. The molecule has 7 heteroatoms. The zero-order chi connectivity index (χ0) is 21.5. The van der Waals surface area contributed by atoms with Gasteiger partial charge in [0.1, 0.15) is 12.4 Å². The van der Waals surface area contributed by atoms with Crippen LogP contribution >= 0.6 is 0 Å². The number of rotatable bonds is 7. The second kappa shape index (κ2) is 10.2. The molecule has 160 valence electrons. The van der Waals surface area contributed by atoms with E-state index in [4.69, 9.17) is 9.47 Å². The standard InChI is InChI=1S/C23H29N3O4/c1-4-29-23(28)20-10-11-21(24-12-20)25-13-17(2)26(18(3)14-25)15-22(27)30-16-19-8-6-5-7-9-19/h5-12,17-18H,4,13-16H2,1-3H3/t17-,18+. The summed E-state index contributed by atoms with van der Waals surface area (Å²) in [6.07, 6.45) is 1.55. The van der Waals surface area contributed by atoms with E-state index >= 15 is 0 Å². The molecule has 1 aromatic carbocycles. The maximum Gasteiger partial charge on any atom is 0.339 e. The van der Waals surface area contributed by atoms with Gasteiger partial charge in [-0.05, 0) is 38.5 Å². The fourth-order valence-corrected chi connectivity index (χ4v) is 3.70. The van der Waals surface area contributed by atoms with E-state index in [0.717, 1.165) is 24.5 Å². The zero-order valence-corrected chi connectivity index (χ0v) is 17.8. The number of aromatic nitrogens is 1. The highest BCUT2D eigenvalue weighted by Gasteiger charge is 2.31. The lowest BCUT2D eigenvalue weighted by atomic mass is 10.1. The van der Waals surface area contributed by atoms with Crippen molar-refractivity contribution in [3.8, 4) is 0 Å². The first kappa shape index (κ1) is 21.8. The number of pyridine rings is 1. The number of anilines is 1. The molecule has 0 N–H and O–H groups in total. The largest absolute Gasteiger partial charge is 0.462 e. The first-order valence-electron chi connectivity index (χ1n) is 10.3. The third kappa shape index (κ3) is 5.57. The summed E-state index contributed by atoms with van der Waals surface area (Å²) in [7, 11) is 0. The van der Waals surface area contributed by atoms with Gasteiger partial charge < -0.3 is 14.4 Å². The van der Waals surface area contributed by atoms with Gasteiger partial charge in [-0.25, -0.2) is 9.78 Å². The van der Waals surface area contributed by atoms with Gasteiger partial charge in [0.25, 0.3) is 0 Å². The van der Waals surface area contributed by atoms with E-state index in [9.17, 15) is 9.59 Å². The summed E-state index contributed by atoms with van der Waals surface area (Å²) in [6.45, 7) is 8.34. The Hall–Kier alpha value is -2.93. The summed E-state index contributed by atoms with van der Waals surface area (Å²) in [6, 6.07) is 13.6. The molecule has 0 aliphatic carbocycles. The summed E-state index contributed by atoms with van der Waals surface area (Å²) in [5.41, 5.74) is 1.43. The molecule has 2 heterocycles. The minimum absolute atomic E-state index is 0.157. The molecule has 0 amide bonds. The number of benzene rings is 1. The summed E-state index contributed by atoms with van der Waals surface area (Å²) < 4.78 is 10.4. The lowest BCUT2D eigenvalue weighted by Crippen LogP contribution is -2.58. The van der Waals surface area contributed by atoms with Gasteiger partial charge >= 0.3 is 11.9 Å². The highest BCUT2D eigenvalue weighted by molar-refractivity contribution is 5.89. The van der Waals surface area contributed by atoms with Crippen molar-refractivity contribution in [2.45, 2.75) is 39.5 Å². The Balaban J connectivity index is 1.54. The first-order chi connectivity index (χ1) is 14.5. The van der Waals surface area contributed by atoms with Crippen LogP contribution in [0, 0.1) is 0 Å². The third-order valence-corrected chi connectivity index (χ3v) is 5.24. The first-order valence-corrected chi connectivity index (χ1v) is 10.3. The number of carbonyl (C=O) groups excluding carboxylic acids is 2. The predicted octanol–water partition coefficient (Wildman–Crippen LogP) is 2.90. The second-order valence-electron chi connectivity index (χ2n) is 7.55. The highest BCUT2D eigenvalue weighted by atomic mass is 16.5. The lowest BCUT2D eigenvalue weighted by Gasteiger charge is -2.44. The Labute approximate surface area is 177 Å². The molecular formula is C23H29N3O4. The zero-order valence-electron chi connectivity index (χ0n) is 17.8. The molecule has 0 bridgehead atoms. The Kier molecular flexibility index (Phi) is 7.41. The van der Waals surface area contributed by atoms with Crippen LogP contribution < -0.4 is 4.90 Å². The second-order valence-corrected chi connectivity index (χ2v) is 7.55. The SMILES string of the molecule is CCOC(=O)c1ccc(N2C[C@@H](C)N(CC(=O)OCc3ccccc3)[C@@H](C)C2)nc1. The summed E-state index contributed by atoms with van der Waals surface area (Å²) >= 11 is 0. The monoisotopic (exact) mass is 411 g/mol. The maximum atomic E-state index is 12.3. The van der Waals surface area contributed by atoms with Crippen LogP contribution in [0.5, 0.6) is 0 Å². The van der Waals surface area contributed by atoms with Crippen molar-refractivity contribution >= 4 is 17.8 Å².